The van der Waals surface area contributed by atoms with Crippen molar-refractivity contribution in [1.29, 1.82) is 0 Å². The second-order valence-electron chi connectivity index (χ2n) is 3.88. The van der Waals surface area contributed by atoms with E-state index in [9.17, 15) is 0 Å². The molecule has 0 fully saturated rings. The van der Waals surface area contributed by atoms with Gasteiger partial charge in [0.15, 0.2) is 0 Å². The van der Waals surface area contributed by atoms with E-state index in [1.54, 1.807) is 22.7 Å². The molecule has 0 aliphatic carbocycles. The highest BCUT2D eigenvalue weighted by atomic mass is 79.9. The van der Waals surface area contributed by atoms with Gasteiger partial charge in [-0.25, -0.2) is 0 Å². The Morgan fingerprint density at radius 1 is 1.33 bits per heavy atom. The Hall–Kier alpha value is 0.610. The van der Waals surface area contributed by atoms with Crippen LogP contribution in [-0.4, -0.2) is 6.54 Å². The van der Waals surface area contributed by atoms with Gasteiger partial charge in [-0.3, -0.25) is 0 Å². The molecular weight excluding hydrogens is 418 g/mol. The van der Waals surface area contributed by atoms with Crippen molar-refractivity contribution < 1.29 is 0 Å². The molecule has 0 spiro atoms. The lowest BCUT2D eigenvalue weighted by molar-refractivity contribution is 0.639. The molecule has 2 heterocycles. The fourth-order valence-electron chi connectivity index (χ4n) is 1.74. The highest BCUT2D eigenvalue weighted by Gasteiger charge is 2.20. The van der Waals surface area contributed by atoms with Crippen LogP contribution in [0.3, 0.4) is 0 Å². The third kappa shape index (κ3) is 3.19. The molecule has 0 saturated heterocycles. The van der Waals surface area contributed by atoms with Crippen molar-refractivity contribution in [3.63, 3.8) is 0 Å². The monoisotopic (exact) mass is 427 g/mol. The highest BCUT2D eigenvalue weighted by Crippen LogP contribution is 2.41. The van der Waals surface area contributed by atoms with E-state index < -0.39 is 0 Å². The number of aryl methyl sites for hydroxylation is 1. The molecule has 0 saturated carbocycles. The summed E-state index contributed by atoms with van der Waals surface area (Å²) >= 11 is 16.7. The Kier molecular flexibility index (Phi) is 5.31. The Bertz CT molecular complexity index is 531. The van der Waals surface area contributed by atoms with Crippen molar-refractivity contribution in [1.82, 2.24) is 5.32 Å². The van der Waals surface area contributed by atoms with Crippen LogP contribution in [0.2, 0.25) is 4.34 Å². The van der Waals surface area contributed by atoms with Crippen LogP contribution >= 0.6 is 66.1 Å². The first-order valence-electron chi connectivity index (χ1n) is 5.46. The zero-order chi connectivity index (χ0) is 13.3. The average Bonchev–Trinajstić information content (AvgIpc) is 2.79. The third-order valence-electron chi connectivity index (χ3n) is 2.56. The van der Waals surface area contributed by atoms with E-state index in [1.165, 1.54) is 10.4 Å². The highest BCUT2D eigenvalue weighted by molar-refractivity contribution is 9.12. The van der Waals surface area contributed by atoms with Crippen molar-refractivity contribution in [2.75, 3.05) is 6.54 Å². The van der Waals surface area contributed by atoms with Crippen molar-refractivity contribution in [2.24, 2.45) is 0 Å². The van der Waals surface area contributed by atoms with Gasteiger partial charge in [0.25, 0.3) is 0 Å². The zero-order valence-electron chi connectivity index (χ0n) is 9.89. The third-order valence-corrected chi connectivity index (χ3v) is 6.57. The SMILES string of the molecule is CCNC(c1cc(C)c(Cl)s1)c1cc(Br)sc1Br. The van der Waals surface area contributed by atoms with Gasteiger partial charge in [-0.15, -0.1) is 22.7 Å². The average molecular weight is 430 g/mol. The standard InChI is InChI=1S/C12H12Br2ClNS2/c1-3-16-10(7-5-9(13)18-11(7)14)8-4-6(2)12(15)17-8/h4-5,10,16H,3H2,1-2H3. The lowest BCUT2D eigenvalue weighted by Gasteiger charge is -2.15. The predicted molar refractivity (Wildman–Crippen MR) is 89.3 cm³/mol. The smallest absolute Gasteiger partial charge is 0.0961 e. The number of hydrogen-bond acceptors (Lipinski definition) is 3. The van der Waals surface area contributed by atoms with Crippen LogP contribution < -0.4 is 5.32 Å². The van der Waals surface area contributed by atoms with Crippen molar-refractivity contribution in [2.45, 2.75) is 19.9 Å². The number of rotatable bonds is 4. The molecule has 1 nitrogen and oxygen atoms in total. The molecule has 0 aromatic carbocycles. The molecule has 0 amide bonds. The molecule has 98 valence electrons. The van der Waals surface area contributed by atoms with Gasteiger partial charge >= 0.3 is 0 Å². The van der Waals surface area contributed by atoms with Crippen LogP contribution in [0.25, 0.3) is 0 Å². The maximum atomic E-state index is 6.18. The largest absolute Gasteiger partial charge is 0.306 e. The van der Waals surface area contributed by atoms with E-state index in [0.717, 1.165) is 24.0 Å². The summed E-state index contributed by atoms with van der Waals surface area (Å²) < 4.78 is 3.16. The zero-order valence-corrected chi connectivity index (χ0v) is 15.5. The molecule has 1 unspecified atom stereocenters. The van der Waals surface area contributed by atoms with Crippen LogP contribution in [-0.2, 0) is 0 Å². The summed E-state index contributed by atoms with van der Waals surface area (Å²) in [5, 5.41) is 3.52. The van der Waals surface area contributed by atoms with E-state index in [4.69, 9.17) is 11.6 Å². The van der Waals surface area contributed by atoms with E-state index in [2.05, 4.69) is 56.2 Å². The summed E-state index contributed by atoms with van der Waals surface area (Å²) in [5.41, 5.74) is 2.40. The van der Waals surface area contributed by atoms with Crippen LogP contribution in [0.15, 0.2) is 19.7 Å². The summed E-state index contributed by atoms with van der Waals surface area (Å²) in [7, 11) is 0. The van der Waals surface area contributed by atoms with Crippen LogP contribution in [0.5, 0.6) is 0 Å². The van der Waals surface area contributed by atoms with E-state index >= 15 is 0 Å². The maximum Gasteiger partial charge on any atom is 0.0961 e. The molecule has 0 aliphatic rings. The Labute approximate surface area is 137 Å². The molecular formula is C12H12Br2ClNS2. The number of hydrogen-bond donors (Lipinski definition) is 1. The Morgan fingerprint density at radius 3 is 2.50 bits per heavy atom. The fourth-order valence-corrected chi connectivity index (χ4v) is 5.96. The van der Waals surface area contributed by atoms with Crippen molar-refractivity contribution in [3.05, 3.63) is 40.0 Å². The van der Waals surface area contributed by atoms with Crippen molar-refractivity contribution >= 4 is 66.1 Å². The van der Waals surface area contributed by atoms with E-state index in [-0.39, 0.29) is 6.04 Å². The summed E-state index contributed by atoms with van der Waals surface area (Å²) in [6.45, 7) is 5.08. The summed E-state index contributed by atoms with van der Waals surface area (Å²) in [6.07, 6.45) is 0. The van der Waals surface area contributed by atoms with Crippen LogP contribution in [0, 0.1) is 6.92 Å². The Morgan fingerprint density at radius 2 is 2.06 bits per heavy atom. The second kappa shape index (κ2) is 6.37. The molecule has 6 heteroatoms. The van der Waals surface area contributed by atoms with Gasteiger partial charge in [0.05, 0.1) is 18.0 Å². The van der Waals surface area contributed by atoms with Crippen molar-refractivity contribution in [3.8, 4) is 0 Å². The molecule has 2 aromatic rings. The predicted octanol–water partition coefficient (Wildman–Crippen LogP) is 6.00. The number of thiophene rings is 2. The van der Waals surface area contributed by atoms with Gasteiger partial charge in [-0.2, -0.15) is 0 Å². The first kappa shape index (κ1) is 15.0. The molecule has 0 aliphatic heterocycles. The molecule has 2 rings (SSSR count). The molecule has 18 heavy (non-hydrogen) atoms. The van der Waals surface area contributed by atoms with Gasteiger partial charge in [0.1, 0.15) is 0 Å². The van der Waals surface area contributed by atoms with Gasteiger partial charge in [-0.05, 0) is 63.0 Å². The minimum Gasteiger partial charge on any atom is -0.306 e. The molecule has 1 N–H and O–H groups in total. The minimum atomic E-state index is 0.197. The number of nitrogens with one attached hydrogen (secondary N) is 1. The molecule has 1 atom stereocenters. The van der Waals surface area contributed by atoms with Crippen LogP contribution in [0.4, 0.5) is 0 Å². The Balaban J connectivity index is 2.42. The molecule has 2 aromatic heterocycles. The quantitative estimate of drug-likeness (QED) is 0.629. The van der Waals surface area contributed by atoms with Crippen LogP contribution in [0.1, 0.15) is 29.0 Å². The van der Waals surface area contributed by atoms with Gasteiger partial charge in [-0.1, -0.05) is 18.5 Å². The normalized spacial score (nSPS) is 12.9. The summed E-state index contributed by atoms with van der Waals surface area (Å²) in [4.78, 5) is 1.25. The van der Waals surface area contributed by atoms with Gasteiger partial charge in [0.2, 0.25) is 0 Å². The molecule has 0 bridgehead atoms. The van der Waals surface area contributed by atoms with E-state index in [1.807, 2.05) is 6.92 Å². The van der Waals surface area contributed by atoms with Gasteiger partial charge < -0.3 is 5.32 Å². The molecule has 0 radical (unpaired) electrons. The first-order chi connectivity index (χ1) is 8.52. The first-order valence-corrected chi connectivity index (χ1v) is 9.06. The van der Waals surface area contributed by atoms with E-state index in [0.29, 0.717) is 0 Å². The fraction of sp³-hybridized carbons (Fsp3) is 0.333. The second-order valence-corrected chi connectivity index (χ2v) is 9.31. The maximum absolute atomic E-state index is 6.18. The minimum absolute atomic E-state index is 0.197. The number of halogens is 3. The lowest BCUT2D eigenvalue weighted by Crippen LogP contribution is -2.20. The van der Waals surface area contributed by atoms with Gasteiger partial charge in [0, 0.05) is 10.4 Å². The topological polar surface area (TPSA) is 12.0 Å². The summed E-state index contributed by atoms with van der Waals surface area (Å²) in [6, 6.07) is 4.52. The summed E-state index contributed by atoms with van der Waals surface area (Å²) in [5.74, 6) is 0. The lowest BCUT2D eigenvalue weighted by atomic mass is 10.1.